The summed E-state index contributed by atoms with van der Waals surface area (Å²) in [5.41, 5.74) is 2.04. The fourth-order valence-corrected chi connectivity index (χ4v) is 7.60. The molecule has 1 saturated heterocycles. The number of hydrogen-bond donors (Lipinski definition) is 4. The van der Waals surface area contributed by atoms with E-state index >= 15 is 0 Å². The Morgan fingerprint density at radius 1 is 1.00 bits per heavy atom. The third-order valence-electron chi connectivity index (χ3n) is 11.4. The Morgan fingerprint density at radius 2 is 1.72 bits per heavy atom. The van der Waals surface area contributed by atoms with Gasteiger partial charge in [-0.1, -0.05) is 57.5 Å². The summed E-state index contributed by atoms with van der Waals surface area (Å²) >= 11 is 0. The Morgan fingerprint density at radius 3 is 2.41 bits per heavy atom. The molecule has 4 N–H and O–H groups in total. The monoisotopic (exact) mass is 837 g/mol. The van der Waals surface area contributed by atoms with Crippen molar-refractivity contribution in [1.82, 2.24) is 35.3 Å². The molecule has 3 amide bonds. The number of carbonyl (C=O) groups excluding carboxylic acids is 4. The van der Waals surface area contributed by atoms with Crippen molar-refractivity contribution >= 4 is 41.1 Å². The van der Waals surface area contributed by atoms with E-state index in [0.29, 0.717) is 86.7 Å². The fraction of sp³-hybridized carbons (Fsp3) is 0.511. The lowest BCUT2D eigenvalue weighted by Gasteiger charge is -2.33. The van der Waals surface area contributed by atoms with E-state index in [-0.39, 0.29) is 48.1 Å². The van der Waals surface area contributed by atoms with Gasteiger partial charge in [0.1, 0.15) is 17.5 Å². The summed E-state index contributed by atoms with van der Waals surface area (Å²) in [5, 5.41) is 28.7. The first-order chi connectivity index (χ1) is 29.1. The SMILES string of the molecule is CCN(C)C(=O)[C@@H](NC(=O)CCCCCC(=O)N1CCC(c2nnc(-c3cnc(Nc4ccc5c(c4)C(C)(C)OC5=O)nc3N[C@H](CO)c3ccccc3)o2)CC1)C(C)(C)C. The van der Waals surface area contributed by atoms with Crippen LogP contribution < -0.4 is 16.0 Å². The molecule has 0 saturated carbocycles. The van der Waals surface area contributed by atoms with Crippen LogP contribution in [0.5, 0.6) is 0 Å². The Kier molecular flexibility index (Phi) is 14.1. The van der Waals surface area contributed by atoms with Gasteiger partial charge in [0.25, 0.3) is 5.89 Å². The number of likely N-dealkylation sites (N-methyl/N-ethyl adjacent to an activating group) is 1. The number of nitrogens with zero attached hydrogens (tertiary/aromatic N) is 6. The first kappa shape index (κ1) is 44.6. The van der Waals surface area contributed by atoms with Crippen molar-refractivity contribution in [3.63, 3.8) is 0 Å². The summed E-state index contributed by atoms with van der Waals surface area (Å²) in [7, 11) is 1.74. The molecule has 0 bridgehead atoms. The molecule has 2 atom stereocenters. The Balaban J connectivity index is 1.05. The summed E-state index contributed by atoms with van der Waals surface area (Å²) < 4.78 is 11.8. The zero-order valence-corrected chi connectivity index (χ0v) is 36.3. The second-order valence-electron chi connectivity index (χ2n) is 17.4. The fourth-order valence-electron chi connectivity index (χ4n) is 7.60. The first-order valence-electron chi connectivity index (χ1n) is 21.2. The van der Waals surface area contributed by atoms with E-state index in [1.165, 1.54) is 0 Å². The number of rotatable bonds is 17. The van der Waals surface area contributed by atoms with Crippen molar-refractivity contribution in [1.29, 1.82) is 0 Å². The number of likely N-dealkylation sites (tertiary alicyclic amines) is 1. The van der Waals surface area contributed by atoms with Crippen LogP contribution in [0.3, 0.4) is 0 Å². The Labute approximate surface area is 357 Å². The number of anilines is 3. The van der Waals surface area contributed by atoms with Gasteiger partial charge in [-0.2, -0.15) is 4.98 Å². The van der Waals surface area contributed by atoms with Crippen molar-refractivity contribution < 1.29 is 33.4 Å². The number of cyclic esters (lactones) is 1. The van der Waals surface area contributed by atoms with Gasteiger partial charge >= 0.3 is 5.97 Å². The van der Waals surface area contributed by atoms with E-state index in [1.54, 1.807) is 30.3 Å². The summed E-state index contributed by atoms with van der Waals surface area (Å²) in [6.07, 6.45) is 5.65. The lowest BCUT2D eigenvalue weighted by atomic mass is 9.85. The van der Waals surface area contributed by atoms with Gasteiger partial charge in [-0.05, 0) is 75.6 Å². The van der Waals surface area contributed by atoms with Crippen LogP contribution in [0, 0.1) is 5.41 Å². The predicted molar refractivity (Wildman–Crippen MR) is 230 cm³/mol. The molecule has 6 rings (SSSR count). The molecule has 0 spiro atoms. The minimum absolute atomic E-state index is 0.0440. The molecule has 2 aromatic carbocycles. The van der Waals surface area contributed by atoms with Crippen molar-refractivity contribution in [3.8, 4) is 11.5 Å². The molecule has 2 aromatic heterocycles. The molecule has 2 aliphatic heterocycles. The minimum atomic E-state index is -0.775. The molecule has 2 aliphatic rings. The molecule has 0 radical (unpaired) electrons. The summed E-state index contributed by atoms with van der Waals surface area (Å²) in [6.45, 7) is 12.9. The van der Waals surface area contributed by atoms with E-state index < -0.39 is 23.1 Å². The van der Waals surface area contributed by atoms with Gasteiger partial charge in [0.05, 0.1) is 23.8 Å². The number of piperidine rings is 1. The highest BCUT2D eigenvalue weighted by Gasteiger charge is 2.38. The quantitative estimate of drug-likeness (QED) is 0.0664. The van der Waals surface area contributed by atoms with E-state index in [4.69, 9.17) is 14.1 Å². The van der Waals surface area contributed by atoms with E-state index in [9.17, 15) is 24.3 Å². The van der Waals surface area contributed by atoms with Gasteiger partial charge in [-0.25, -0.2) is 9.78 Å². The zero-order chi connectivity index (χ0) is 43.9. The summed E-state index contributed by atoms with van der Waals surface area (Å²) in [4.78, 5) is 63.9. The number of fused-ring (bicyclic) bond motifs is 1. The third kappa shape index (κ3) is 10.9. The van der Waals surface area contributed by atoms with Crippen molar-refractivity contribution in [2.45, 2.75) is 110 Å². The number of unbranched alkanes of at least 4 members (excludes halogenated alkanes) is 2. The number of carbonyl (C=O) groups is 4. The van der Waals surface area contributed by atoms with Crippen LogP contribution in [0.15, 0.2) is 59.1 Å². The maximum Gasteiger partial charge on any atom is 0.339 e. The lowest BCUT2D eigenvalue weighted by Crippen LogP contribution is -2.53. The van der Waals surface area contributed by atoms with Crippen molar-refractivity contribution in [2.75, 3.05) is 43.9 Å². The topological polar surface area (TPSA) is 205 Å². The first-order valence-corrected chi connectivity index (χ1v) is 21.2. The predicted octanol–water partition coefficient (Wildman–Crippen LogP) is 6.49. The van der Waals surface area contributed by atoms with Crippen LogP contribution in [0.25, 0.3) is 11.5 Å². The maximum absolute atomic E-state index is 13.1. The van der Waals surface area contributed by atoms with Crippen LogP contribution in [-0.4, -0.2) is 98.1 Å². The number of aliphatic hydroxyl groups is 1. The second kappa shape index (κ2) is 19.2. The van der Waals surface area contributed by atoms with Crippen LogP contribution in [-0.2, 0) is 24.7 Å². The molecular formula is C45H59N9O7. The second-order valence-corrected chi connectivity index (χ2v) is 17.4. The van der Waals surface area contributed by atoms with E-state index in [1.807, 2.05) is 82.8 Å². The Hall–Kier alpha value is -5.90. The number of hydrogen-bond acceptors (Lipinski definition) is 13. The molecular weight excluding hydrogens is 779 g/mol. The number of benzene rings is 2. The van der Waals surface area contributed by atoms with Crippen LogP contribution in [0.1, 0.15) is 126 Å². The third-order valence-corrected chi connectivity index (χ3v) is 11.4. The average Bonchev–Trinajstić information content (AvgIpc) is 3.82. The maximum atomic E-state index is 13.1. The standard InChI is InChI=1S/C45H59N9O7/c1-8-53(7)41(58)37(44(2,3)4)49-35(56)17-13-10-14-18-36(57)54-23-21-29(22-24-54)39-51-52-40(60-39)32-26-46-43(50-38(32)48-34(27-55)28-15-11-9-12-16-28)47-30-19-20-31-33(25-30)45(5,6)61-42(31)59/h9,11-12,15-16,19-20,25-26,29,34,37,55H,8,10,13-14,17-18,21-24,27H2,1-7H3,(H,49,56)(H2,46,47,48,50)/t34-,37-/m1/s1. The van der Waals surface area contributed by atoms with Crippen molar-refractivity contribution in [2.24, 2.45) is 5.41 Å². The van der Waals surface area contributed by atoms with Crippen LogP contribution in [0.2, 0.25) is 0 Å². The lowest BCUT2D eigenvalue weighted by molar-refractivity contribution is -0.138. The number of amides is 3. The molecule has 4 aromatic rings. The molecule has 61 heavy (non-hydrogen) atoms. The van der Waals surface area contributed by atoms with Gasteiger partial charge in [0.2, 0.25) is 29.6 Å². The van der Waals surface area contributed by atoms with Gasteiger partial charge in [-0.15, -0.1) is 10.2 Å². The molecule has 1 fully saturated rings. The number of esters is 1. The van der Waals surface area contributed by atoms with E-state index in [0.717, 1.165) is 17.5 Å². The molecule has 326 valence electrons. The smallest absolute Gasteiger partial charge is 0.339 e. The highest BCUT2D eigenvalue weighted by atomic mass is 16.6. The number of aliphatic hydroxyl groups excluding tert-OH is 1. The Bertz CT molecular complexity index is 2180. The summed E-state index contributed by atoms with van der Waals surface area (Å²) in [6, 6.07) is 13.7. The molecule has 16 heteroatoms. The van der Waals surface area contributed by atoms with Gasteiger partial charge in [0, 0.05) is 62.9 Å². The molecule has 0 aliphatic carbocycles. The highest BCUT2D eigenvalue weighted by Crippen LogP contribution is 2.38. The number of ether oxygens (including phenoxy) is 1. The molecule has 4 heterocycles. The van der Waals surface area contributed by atoms with Crippen LogP contribution in [0.4, 0.5) is 17.5 Å². The largest absolute Gasteiger partial charge is 0.451 e. The normalized spacial score (nSPS) is 16.0. The zero-order valence-electron chi connectivity index (χ0n) is 36.3. The van der Waals surface area contributed by atoms with Gasteiger partial charge in [0.15, 0.2) is 0 Å². The molecule has 16 nitrogen and oxygen atoms in total. The highest BCUT2D eigenvalue weighted by molar-refractivity contribution is 5.95. The van der Waals surface area contributed by atoms with E-state index in [2.05, 4.69) is 31.1 Å². The number of aromatic nitrogens is 4. The minimum Gasteiger partial charge on any atom is -0.451 e. The van der Waals surface area contributed by atoms with Crippen LogP contribution >= 0.6 is 0 Å². The van der Waals surface area contributed by atoms with Gasteiger partial charge < -0.3 is 40.0 Å². The average molecular weight is 838 g/mol. The number of nitrogens with one attached hydrogen (secondary N) is 3. The van der Waals surface area contributed by atoms with Crippen molar-refractivity contribution in [3.05, 3.63) is 77.3 Å². The summed E-state index contributed by atoms with van der Waals surface area (Å²) in [5.74, 6) is 0.720. The molecule has 0 unspecified atom stereocenters. The van der Waals surface area contributed by atoms with Gasteiger partial charge in [-0.3, -0.25) is 14.4 Å².